The van der Waals surface area contributed by atoms with Crippen molar-refractivity contribution in [3.05, 3.63) is 0 Å². The first kappa shape index (κ1) is 13.4. The second kappa shape index (κ2) is 6.83. The van der Waals surface area contributed by atoms with Crippen molar-refractivity contribution in [2.75, 3.05) is 32.7 Å². The van der Waals surface area contributed by atoms with Crippen LogP contribution in [0.5, 0.6) is 0 Å². The van der Waals surface area contributed by atoms with Crippen LogP contribution in [0.3, 0.4) is 0 Å². The van der Waals surface area contributed by atoms with E-state index in [1.54, 1.807) is 0 Å². The number of nitrogens with zero attached hydrogens (tertiary/aromatic N) is 1. The van der Waals surface area contributed by atoms with Gasteiger partial charge in [-0.3, -0.25) is 4.79 Å². The lowest BCUT2D eigenvalue weighted by atomic mass is 10.1. The molecule has 2 unspecified atom stereocenters. The SMILES string of the molecule is CC(CNCC(N)C(=O)O)CN1CCCC1. The number of aliphatic carboxylic acids is 1. The normalized spacial score (nSPS) is 20.9. The lowest BCUT2D eigenvalue weighted by Gasteiger charge is -2.20. The third-order valence-corrected chi connectivity index (χ3v) is 2.94. The average molecular weight is 229 g/mol. The molecule has 2 atom stereocenters. The third-order valence-electron chi connectivity index (χ3n) is 2.94. The van der Waals surface area contributed by atoms with Gasteiger partial charge in [-0.25, -0.2) is 0 Å². The van der Waals surface area contributed by atoms with Crippen molar-refractivity contribution in [2.24, 2.45) is 11.7 Å². The van der Waals surface area contributed by atoms with Gasteiger partial charge in [-0.05, 0) is 38.4 Å². The van der Waals surface area contributed by atoms with E-state index in [1.165, 1.54) is 25.9 Å². The van der Waals surface area contributed by atoms with E-state index in [0.29, 0.717) is 12.5 Å². The molecule has 1 heterocycles. The van der Waals surface area contributed by atoms with E-state index in [2.05, 4.69) is 17.1 Å². The summed E-state index contributed by atoms with van der Waals surface area (Å²) in [6, 6.07) is -0.793. The molecule has 4 N–H and O–H groups in total. The smallest absolute Gasteiger partial charge is 0.321 e. The van der Waals surface area contributed by atoms with Crippen molar-refractivity contribution in [1.82, 2.24) is 10.2 Å². The molecule has 0 aromatic heterocycles. The van der Waals surface area contributed by atoms with Crippen LogP contribution in [-0.2, 0) is 4.79 Å². The summed E-state index contributed by atoms with van der Waals surface area (Å²) in [4.78, 5) is 12.9. The van der Waals surface area contributed by atoms with E-state index in [4.69, 9.17) is 10.8 Å². The molecule has 0 aliphatic carbocycles. The van der Waals surface area contributed by atoms with Crippen molar-refractivity contribution in [2.45, 2.75) is 25.8 Å². The van der Waals surface area contributed by atoms with Crippen molar-refractivity contribution < 1.29 is 9.90 Å². The Morgan fingerprint density at radius 1 is 1.44 bits per heavy atom. The van der Waals surface area contributed by atoms with Gasteiger partial charge in [0.2, 0.25) is 0 Å². The van der Waals surface area contributed by atoms with Crippen LogP contribution in [0.2, 0.25) is 0 Å². The van der Waals surface area contributed by atoms with Crippen LogP contribution < -0.4 is 11.1 Å². The maximum Gasteiger partial charge on any atom is 0.321 e. The molecule has 1 aliphatic rings. The number of hydrogen-bond donors (Lipinski definition) is 3. The quantitative estimate of drug-likeness (QED) is 0.559. The highest BCUT2D eigenvalue weighted by molar-refractivity contribution is 5.73. The number of rotatable bonds is 7. The molecule has 1 aliphatic heterocycles. The van der Waals surface area contributed by atoms with E-state index in [0.717, 1.165) is 13.1 Å². The van der Waals surface area contributed by atoms with Crippen molar-refractivity contribution in [1.29, 1.82) is 0 Å². The van der Waals surface area contributed by atoms with Crippen LogP contribution in [0.4, 0.5) is 0 Å². The van der Waals surface area contributed by atoms with Gasteiger partial charge in [0.05, 0.1) is 0 Å². The minimum absolute atomic E-state index is 0.347. The first-order chi connectivity index (χ1) is 7.59. The molecule has 1 saturated heterocycles. The van der Waals surface area contributed by atoms with Gasteiger partial charge in [-0.1, -0.05) is 6.92 Å². The fraction of sp³-hybridized carbons (Fsp3) is 0.909. The third kappa shape index (κ3) is 4.92. The fourth-order valence-corrected chi connectivity index (χ4v) is 2.04. The summed E-state index contributed by atoms with van der Waals surface area (Å²) in [5.41, 5.74) is 5.39. The summed E-state index contributed by atoms with van der Waals surface area (Å²) in [6.45, 7) is 6.86. The molecular formula is C11H23N3O2. The molecule has 0 spiro atoms. The molecule has 0 aromatic rings. The maximum absolute atomic E-state index is 10.5. The van der Waals surface area contributed by atoms with Crippen LogP contribution >= 0.6 is 0 Å². The largest absolute Gasteiger partial charge is 0.480 e. The van der Waals surface area contributed by atoms with Crippen molar-refractivity contribution >= 4 is 5.97 Å². The minimum Gasteiger partial charge on any atom is -0.480 e. The predicted molar refractivity (Wildman–Crippen MR) is 63.3 cm³/mol. The molecule has 1 fully saturated rings. The van der Waals surface area contributed by atoms with Crippen LogP contribution in [0.25, 0.3) is 0 Å². The lowest BCUT2D eigenvalue weighted by molar-refractivity contribution is -0.138. The zero-order valence-electron chi connectivity index (χ0n) is 9.98. The number of nitrogens with two attached hydrogens (primary N) is 1. The maximum atomic E-state index is 10.5. The monoisotopic (exact) mass is 229 g/mol. The highest BCUT2D eigenvalue weighted by atomic mass is 16.4. The zero-order chi connectivity index (χ0) is 12.0. The van der Waals surface area contributed by atoms with E-state index in [9.17, 15) is 4.79 Å². The molecule has 5 heteroatoms. The Labute approximate surface area is 97.0 Å². The number of carboxylic acids is 1. The van der Waals surface area contributed by atoms with Crippen LogP contribution in [0.15, 0.2) is 0 Å². The van der Waals surface area contributed by atoms with Crippen molar-refractivity contribution in [3.63, 3.8) is 0 Å². The molecule has 0 amide bonds. The first-order valence-electron chi connectivity index (χ1n) is 6.01. The standard InChI is InChI=1S/C11H23N3O2/c1-9(8-14-4-2-3-5-14)6-13-7-10(12)11(15)16/h9-10,13H,2-8,12H2,1H3,(H,15,16). The Bertz CT molecular complexity index is 217. The number of carboxylic acid groups (broad SMARTS) is 1. The van der Waals surface area contributed by atoms with Gasteiger partial charge in [0.15, 0.2) is 0 Å². The number of carbonyl (C=O) groups is 1. The number of hydrogen-bond acceptors (Lipinski definition) is 4. The topological polar surface area (TPSA) is 78.6 Å². The Morgan fingerprint density at radius 2 is 2.06 bits per heavy atom. The van der Waals surface area contributed by atoms with Gasteiger partial charge >= 0.3 is 5.97 Å². The second-order valence-corrected chi connectivity index (χ2v) is 4.72. The number of nitrogens with one attached hydrogen (secondary N) is 1. The molecular weight excluding hydrogens is 206 g/mol. The van der Waals surface area contributed by atoms with Crippen LogP contribution in [0, 0.1) is 5.92 Å². The number of likely N-dealkylation sites (tertiary alicyclic amines) is 1. The summed E-state index contributed by atoms with van der Waals surface area (Å²) < 4.78 is 0. The van der Waals surface area contributed by atoms with E-state index >= 15 is 0 Å². The Hall–Kier alpha value is -0.650. The lowest BCUT2D eigenvalue weighted by Crippen LogP contribution is -2.42. The minimum atomic E-state index is -0.945. The highest BCUT2D eigenvalue weighted by Gasteiger charge is 2.15. The molecule has 16 heavy (non-hydrogen) atoms. The highest BCUT2D eigenvalue weighted by Crippen LogP contribution is 2.09. The van der Waals surface area contributed by atoms with Crippen LogP contribution in [0.1, 0.15) is 19.8 Å². The van der Waals surface area contributed by atoms with Gasteiger partial charge in [0.1, 0.15) is 6.04 Å². The van der Waals surface area contributed by atoms with Gasteiger partial charge < -0.3 is 21.1 Å². The Morgan fingerprint density at radius 3 is 2.62 bits per heavy atom. The van der Waals surface area contributed by atoms with E-state index in [-0.39, 0.29) is 0 Å². The molecule has 1 rings (SSSR count). The Balaban J connectivity index is 2.05. The molecule has 5 nitrogen and oxygen atoms in total. The second-order valence-electron chi connectivity index (χ2n) is 4.72. The van der Waals surface area contributed by atoms with Gasteiger partial charge in [0, 0.05) is 13.1 Å². The van der Waals surface area contributed by atoms with Crippen LogP contribution in [-0.4, -0.2) is 54.7 Å². The summed E-state index contributed by atoms with van der Waals surface area (Å²) in [7, 11) is 0. The van der Waals surface area contributed by atoms with Crippen molar-refractivity contribution in [3.8, 4) is 0 Å². The summed E-state index contributed by atoms with van der Waals surface area (Å²) >= 11 is 0. The Kier molecular flexibility index (Phi) is 5.73. The average Bonchev–Trinajstić information content (AvgIpc) is 2.70. The summed E-state index contributed by atoms with van der Waals surface area (Å²) in [5, 5.41) is 11.7. The summed E-state index contributed by atoms with van der Waals surface area (Å²) in [5.74, 6) is -0.404. The molecule has 0 saturated carbocycles. The fourth-order valence-electron chi connectivity index (χ4n) is 2.04. The van der Waals surface area contributed by atoms with Gasteiger partial charge in [-0.15, -0.1) is 0 Å². The van der Waals surface area contributed by atoms with Gasteiger partial charge in [-0.2, -0.15) is 0 Å². The molecule has 0 bridgehead atoms. The van der Waals surface area contributed by atoms with Gasteiger partial charge in [0.25, 0.3) is 0 Å². The van der Waals surface area contributed by atoms with E-state index < -0.39 is 12.0 Å². The van der Waals surface area contributed by atoms with E-state index in [1.807, 2.05) is 0 Å². The first-order valence-corrected chi connectivity index (χ1v) is 6.01. The predicted octanol–water partition coefficient (Wildman–Crippen LogP) is -0.280. The molecule has 0 radical (unpaired) electrons. The summed E-state index contributed by atoms with van der Waals surface area (Å²) in [6.07, 6.45) is 2.62. The molecule has 0 aromatic carbocycles. The zero-order valence-corrected chi connectivity index (χ0v) is 9.98. The molecule has 94 valence electrons.